The lowest BCUT2D eigenvalue weighted by Crippen LogP contribution is -2.08. The minimum atomic E-state index is -4.56. The van der Waals surface area contributed by atoms with Crippen LogP contribution < -0.4 is 0 Å². The minimum absolute atomic E-state index is 0.0923. The highest BCUT2D eigenvalue weighted by molar-refractivity contribution is 5.22. The molecule has 1 aromatic rings. The molecule has 0 aliphatic heterocycles. The highest BCUT2D eigenvalue weighted by Gasteiger charge is 2.33. The summed E-state index contributed by atoms with van der Waals surface area (Å²) in [7, 11) is 0. The van der Waals surface area contributed by atoms with Crippen LogP contribution in [-0.2, 0) is 6.18 Å². The van der Waals surface area contributed by atoms with Gasteiger partial charge < -0.3 is 0 Å². The van der Waals surface area contributed by atoms with Gasteiger partial charge in [-0.25, -0.2) is 9.97 Å². The summed E-state index contributed by atoms with van der Waals surface area (Å²) in [6.45, 7) is 1.35. The van der Waals surface area contributed by atoms with Crippen molar-refractivity contribution in [1.82, 2.24) is 9.97 Å². The molecule has 0 radical (unpaired) electrons. The monoisotopic (exact) mass is 203 g/mol. The fraction of sp³-hybridized carbons (Fsp3) is 0.333. The van der Waals surface area contributed by atoms with E-state index in [2.05, 4.69) is 20.0 Å². The molecule has 0 saturated heterocycles. The van der Waals surface area contributed by atoms with Crippen LogP contribution in [-0.4, -0.2) is 9.97 Å². The lowest BCUT2D eigenvalue weighted by Gasteiger charge is -2.06. The van der Waals surface area contributed by atoms with Gasteiger partial charge in [-0.1, -0.05) is 0 Å². The van der Waals surface area contributed by atoms with E-state index in [-0.39, 0.29) is 5.69 Å². The highest BCUT2D eigenvalue weighted by atomic mass is 19.4. The van der Waals surface area contributed by atoms with Crippen LogP contribution in [0.25, 0.3) is 10.4 Å². The Hall–Kier alpha value is -1.82. The zero-order valence-electron chi connectivity index (χ0n) is 6.95. The molecule has 14 heavy (non-hydrogen) atoms. The van der Waals surface area contributed by atoms with Crippen molar-refractivity contribution in [3.63, 3.8) is 0 Å². The molecule has 0 aliphatic rings. The van der Waals surface area contributed by atoms with Crippen molar-refractivity contribution in [2.45, 2.75) is 13.1 Å². The van der Waals surface area contributed by atoms with E-state index < -0.39 is 17.8 Å². The average molecular weight is 203 g/mol. The number of halogens is 3. The summed E-state index contributed by atoms with van der Waals surface area (Å²) >= 11 is 0. The van der Waals surface area contributed by atoms with Crippen molar-refractivity contribution in [3.8, 4) is 0 Å². The molecule has 1 aromatic heterocycles. The molecule has 0 fully saturated rings. The van der Waals surface area contributed by atoms with E-state index in [1.54, 1.807) is 0 Å². The first-order chi connectivity index (χ1) is 6.43. The second-order valence-electron chi connectivity index (χ2n) is 2.38. The zero-order valence-corrected chi connectivity index (χ0v) is 6.95. The maximum absolute atomic E-state index is 12.2. The largest absolute Gasteiger partial charge is 0.433 e. The fourth-order valence-corrected chi connectivity index (χ4v) is 0.783. The molecule has 0 spiro atoms. The van der Waals surface area contributed by atoms with Crippen LogP contribution in [0.1, 0.15) is 11.4 Å². The number of aromatic nitrogens is 2. The summed E-state index contributed by atoms with van der Waals surface area (Å²) in [6, 6.07) is 0.774. The normalized spacial score (nSPS) is 10.9. The average Bonchev–Trinajstić information content (AvgIpc) is 2.02. The predicted octanol–water partition coefficient (Wildman–Crippen LogP) is 2.75. The number of aryl methyl sites for hydroxylation is 1. The Kier molecular flexibility index (Phi) is 2.57. The van der Waals surface area contributed by atoms with Crippen molar-refractivity contribution in [3.05, 3.63) is 27.9 Å². The van der Waals surface area contributed by atoms with Crippen molar-refractivity contribution in [2.75, 3.05) is 0 Å². The number of nitrogens with zero attached hydrogens (tertiary/aromatic N) is 5. The maximum Gasteiger partial charge on any atom is 0.433 e. The van der Waals surface area contributed by atoms with E-state index in [9.17, 15) is 13.2 Å². The predicted molar refractivity (Wildman–Crippen MR) is 40.6 cm³/mol. The number of hydrogen-bond acceptors (Lipinski definition) is 3. The van der Waals surface area contributed by atoms with Gasteiger partial charge in [0.05, 0.1) is 0 Å². The Balaban J connectivity index is 3.27. The molecule has 0 N–H and O–H groups in total. The smallest absolute Gasteiger partial charge is 0.232 e. The zero-order chi connectivity index (χ0) is 10.8. The van der Waals surface area contributed by atoms with Gasteiger partial charge in [-0.2, -0.15) is 13.2 Å². The summed E-state index contributed by atoms with van der Waals surface area (Å²) in [5.74, 6) is -0.528. The highest BCUT2D eigenvalue weighted by Crippen LogP contribution is 2.28. The lowest BCUT2D eigenvalue weighted by molar-refractivity contribution is -0.141. The first kappa shape index (κ1) is 10.3. The molecule has 0 aromatic carbocycles. The van der Waals surface area contributed by atoms with Gasteiger partial charge in [-0.05, 0) is 23.6 Å². The third kappa shape index (κ3) is 2.33. The van der Waals surface area contributed by atoms with Gasteiger partial charge in [0, 0.05) is 10.6 Å². The quantitative estimate of drug-likeness (QED) is 0.399. The molecule has 0 saturated carbocycles. The van der Waals surface area contributed by atoms with Crippen LogP contribution >= 0.6 is 0 Å². The second kappa shape index (κ2) is 3.51. The summed E-state index contributed by atoms with van der Waals surface area (Å²) in [4.78, 5) is 8.85. The van der Waals surface area contributed by atoms with Gasteiger partial charge in [0.15, 0.2) is 0 Å². The molecule has 5 nitrogen and oxygen atoms in total. The van der Waals surface area contributed by atoms with Crippen LogP contribution in [0.2, 0.25) is 0 Å². The van der Waals surface area contributed by atoms with E-state index in [0.29, 0.717) is 0 Å². The van der Waals surface area contributed by atoms with E-state index >= 15 is 0 Å². The number of rotatable bonds is 1. The molecule has 0 aliphatic carbocycles. The van der Waals surface area contributed by atoms with Crippen LogP contribution in [0.5, 0.6) is 0 Å². The number of azide groups is 1. The van der Waals surface area contributed by atoms with Gasteiger partial charge in [-0.15, -0.1) is 0 Å². The van der Waals surface area contributed by atoms with E-state index in [0.717, 1.165) is 6.07 Å². The second-order valence-corrected chi connectivity index (χ2v) is 2.38. The molecule has 1 rings (SSSR count). The third-order valence-corrected chi connectivity index (χ3v) is 1.27. The van der Waals surface area contributed by atoms with Crippen molar-refractivity contribution in [2.24, 2.45) is 5.11 Å². The van der Waals surface area contributed by atoms with Crippen LogP contribution in [0.4, 0.5) is 19.1 Å². The topological polar surface area (TPSA) is 74.5 Å². The Morgan fingerprint density at radius 2 is 2.07 bits per heavy atom. The summed E-state index contributed by atoms with van der Waals surface area (Å²) in [5.41, 5.74) is 6.98. The SMILES string of the molecule is Cc1cc(C(F)(F)F)nc(N=[N+]=[N-])n1. The van der Waals surface area contributed by atoms with Gasteiger partial charge >= 0.3 is 6.18 Å². The molecular weight excluding hydrogens is 199 g/mol. The first-order valence-corrected chi connectivity index (χ1v) is 3.41. The summed E-state index contributed by atoms with van der Waals surface area (Å²) in [5, 5.41) is 2.90. The fourth-order valence-electron chi connectivity index (χ4n) is 0.783. The van der Waals surface area contributed by atoms with Crippen molar-refractivity contribution in [1.29, 1.82) is 0 Å². The lowest BCUT2D eigenvalue weighted by atomic mass is 10.3. The van der Waals surface area contributed by atoms with E-state index in [1.807, 2.05) is 0 Å². The molecule has 74 valence electrons. The van der Waals surface area contributed by atoms with Crippen molar-refractivity contribution >= 4 is 5.95 Å². The Morgan fingerprint density at radius 3 is 2.57 bits per heavy atom. The molecule has 0 atom stereocenters. The molecule has 8 heteroatoms. The Labute approximate surface area is 76.2 Å². The molecule has 0 unspecified atom stereocenters. The minimum Gasteiger partial charge on any atom is -0.232 e. The maximum atomic E-state index is 12.2. The van der Waals surface area contributed by atoms with Gasteiger partial charge in [-0.3, -0.25) is 0 Å². The van der Waals surface area contributed by atoms with Gasteiger partial charge in [0.2, 0.25) is 5.95 Å². The van der Waals surface area contributed by atoms with E-state index in [1.165, 1.54) is 6.92 Å². The van der Waals surface area contributed by atoms with Crippen molar-refractivity contribution < 1.29 is 13.2 Å². The van der Waals surface area contributed by atoms with Gasteiger partial charge in [0.1, 0.15) is 5.69 Å². The standard InChI is InChI=1S/C6H4F3N5/c1-3-2-4(6(7,8)9)12-5(11-3)13-14-10/h2H,1H3. The van der Waals surface area contributed by atoms with Crippen LogP contribution in [0.3, 0.4) is 0 Å². The first-order valence-electron chi connectivity index (χ1n) is 3.41. The Bertz CT molecular complexity index is 393. The molecule has 1 heterocycles. The number of alkyl halides is 3. The molecular formula is C6H4F3N5. The Morgan fingerprint density at radius 1 is 1.43 bits per heavy atom. The summed E-state index contributed by atoms with van der Waals surface area (Å²) < 4.78 is 36.5. The van der Waals surface area contributed by atoms with Crippen LogP contribution in [0, 0.1) is 6.92 Å². The molecule has 0 bridgehead atoms. The van der Waals surface area contributed by atoms with Gasteiger partial charge in [0.25, 0.3) is 0 Å². The molecule has 0 amide bonds. The van der Waals surface area contributed by atoms with Crippen LogP contribution in [0.15, 0.2) is 11.2 Å². The summed E-state index contributed by atoms with van der Waals surface area (Å²) in [6.07, 6.45) is -4.56. The number of hydrogen-bond donors (Lipinski definition) is 0. The van der Waals surface area contributed by atoms with E-state index in [4.69, 9.17) is 5.53 Å². The third-order valence-electron chi connectivity index (χ3n) is 1.27.